The summed E-state index contributed by atoms with van der Waals surface area (Å²) in [6, 6.07) is 7.21. The van der Waals surface area contributed by atoms with Crippen molar-refractivity contribution in [2.75, 3.05) is 5.75 Å². The molecule has 1 amide bonds. The Labute approximate surface area is 115 Å². The van der Waals surface area contributed by atoms with Crippen LogP contribution in [0.5, 0.6) is 0 Å². The van der Waals surface area contributed by atoms with Gasteiger partial charge in [0.2, 0.25) is 5.91 Å². The first-order valence-corrected chi connectivity index (χ1v) is 6.61. The van der Waals surface area contributed by atoms with Gasteiger partial charge in [0, 0.05) is 5.02 Å². The van der Waals surface area contributed by atoms with Crippen LogP contribution in [-0.4, -0.2) is 16.8 Å². The maximum atomic E-state index is 11.6. The minimum Gasteiger partial charge on any atom is -0.377 e. The molecule has 7 heteroatoms. The number of hydrogen-bond donors (Lipinski definition) is 3. The Morgan fingerprint density at radius 1 is 1.56 bits per heavy atom. The van der Waals surface area contributed by atoms with Crippen molar-refractivity contribution in [2.45, 2.75) is 13.0 Å². The molecule has 1 unspecified atom stereocenters. The van der Waals surface area contributed by atoms with Crippen LogP contribution in [0.1, 0.15) is 18.5 Å². The van der Waals surface area contributed by atoms with Gasteiger partial charge in [-0.15, -0.1) is 0 Å². The molecule has 0 aliphatic heterocycles. The second-order valence-corrected chi connectivity index (χ2v) is 4.97. The van der Waals surface area contributed by atoms with Crippen molar-refractivity contribution < 1.29 is 4.79 Å². The lowest BCUT2D eigenvalue weighted by atomic mass is 10.1. The van der Waals surface area contributed by atoms with Crippen LogP contribution in [0.25, 0.3) is 0 Å². The van der Waals surface area contributed by atoms with Gasteiger partial charge in [-0.3, -0.25) is 4.79 Å². The number of carbonyl (C=O) groups excluding carboxylic acids is 1. The van der Waals surface area contributed by atoms with E-state index in [4.69, 9.17) is 23.2 Å². The summed E-state index contributed by atoms with van der Waals surface area (Å²) in [7, 11) is 0. The van der Waals surface area contributed by atoms with E-state index < -0.39 is 0 Å². The van der Waals surface area contributed by atoms with E-state index in [1.165, 1.54) is 0 Å². The number of rotatable bonds is 4. The van der Waals surface area contributed by atoms with Gasteiger partial charge < -0.3 is 16.9 Å². The average Bonchev–Trinajstić information content (AvgIpc) is 2.36. The van der Waals surface area contributed by atoms with E-state index in [1.54, 1.807) is 6.07 Å². The van der Waals surface area contributed by atoms with Gasteiger partial charge >= 0.3 is 0 Å². The summed E-state index contributed by atoms with van der Waals surface area (Å²) in [4.78, 5) is 11.6. The highest BCUT2D eigenvalue weighted by atomic mass is 35.5. The summed E-state index contributed by atoms with van der Waals surface area (Å²) < 4.78 is 0. The van der Waals surface area contributed by atoms with Crippen molar-refractivity contribution in [1.82, 2.24) is 5.32 Å². The van der Waals surface area contributed by atoms with Crippen LogP contribution in [0.2, 0.25) is 5.02 Å². The van der Waals surface area contributed by atoms with E-state index in [9.17, 15) is 4.79 Å². The minimum absolute atomic E-state index is 0.154. The number of amidine groups is 1. The summed E-state index contributed by atoms with van der Waals surface area (Å²) in [6.07, 6.45) is 0. The molecule has 0 aliphatic rings. The molecule has 1 rings (SSSR count). The van der Waals surface area contributed by atoms with Crippen molar-refractivity contribution >= 4 is 34.4 Å². The zero-order valence-electron chi connectivity index (χ0n) is 9.89. The normalized spacial score (nSPS) is 13.1. The van der Waals surface area contributed by atoms with Crippen molar-refractivity contribution in [3.05, 3.63) is 34.9 Å². The number of amides is 1. The SMILES string of the molecule is CC(NC(=O)CSC(N)=NN)c1ccccc1Cl. The number of hydrogen-bond acceptors (Lipinski definition) is 4. The van der Waals surface area contributed by atoms with Gasteiger partial charge in [0.15, 0.2) is 5.17 Å². The maximum absolute atomic E-state index is 11.6. The van der Waals surface area contributed by atoms with E-state index >= 15 is 0 Å². The van der Waals surface area contributed by atoms with E-state index in [-0.39, 0.29) is 22.9 Å². The highest BCUT2D eigenvalue weighted by molar-refractivity contribution is 8.14. The van der Waals surface area contributed by atoms with Crippen molar-refractivity contribution in [1.29, 1.82) is 0 Å². The Balaban J connectivity index is 2.52. The molecule has 5 N–H and O–H groups in total. The molecule has 0 fully saturated rings. The Kier molecular flexibility index (Phi) is 5.80. The first-order valence-electron chi connectivity index (χ1n) is 5.24. The number of benzene rings is 1. The van der Waals surface area contributed by atoms with Gasteiger partial charge in [0.25, 0.3) is 0 Å². The standard InChI is InChI=1S/C11H15ClN4OS/c1-7(8-4-2-3-5-9(8)12)15-10(17)6-18-11(13)16-14/h2-5,7H,6,14H2,1H3,(H2,13,16)(H,15,17). The lowest BCUT2D eigenvalue weighted by Gasteiger charge is -2.15. The molecule has 0 bridgehead atoms. The third-order valence-corrected chi connectivity index (χ3v) is 3.38. The fourth-order valence-electron chi connectivity index (χ4n) is 1.36. The van der Waals surface area contributed by atoms with Gasteiger partial charge in [-0.2, -0.15) is 5.10 Å². The number of nitrogens with one attached hydrogen (secondary N) is 1. The van der Waals surface area contributed by atoms with Crippen LogP contribution in [0.4, 0.5) is 0 Å². The molecular formula is C11H15ClN4OS. The molecule has 1 aromatic rings. The summed E-state index contributed by atoms with van der Waals surface area (Å²) in [6.45, 7) is 1.87. The summed E-state index contributed by atoms with van der Waals surface area (Å²) in [5.41, 5.74) is 6.25. The second kappa shape index (κ2) is 7.13. The van der Waals surface area contributed by atoms with Crippen LogP contribution in [-0.2, 0) is 4.79 Å². The van der Waals surface area contributed by atoms with Crippen molar-refractivity contribution in [2.24, 2.45) is 16.7 Å². The van der Waals surface area contributed by atoms with Gasteiger partial charge in [0.1, 0.15) is 0 Å². The van der Waals surface area contributed by atoms with E-state index in [2.05, 4.69) is 10.4 Å². The zero-order valence-corrected chi connectivity index (χ0v) is 11.5. The lowest BCUT2D eigenvalue weighted by molar-refractivity contribution is -0.119. The summed E-state index contributed by atoms with van der Waals surface area (Å²) in [5.74, 6) is 4.98. The topological polar surface area (TPSA) is 93.5 Å². The Bertz CT molecular complexity index is 452. The smallest absolute Gasteiger partial charge is 0.230 e. The monoisotopic (exact) mass is 286 g/mol. The Hall–Kier alpha value is -1.40. The van der Waals surface area contributed by atoms with E-state index in [0.717, 1.165) is 17.3 Å². The van der Waals surface area contributed by atoms with Crippen LogP contribution in [0.15, 0.2) is 29.4 Å². The fraction of sp³-hybridized carbons (Fsp3) is 0.273. The predicted octanol–water partition coefficient (Wildman–Crippen LogP) is 1.44. The molecule has 0 aliphatic carbocycles. The molecule has 1 atom stereocenters. The zero-order chi connectivity index (χ0) is 13.5. The fourth-order valence-corrected chi connectivity index (χ4v) is 2.10. The Morgan fingerprint density at radius 2 is 2.22 bits per heavy atom. The molecule has 18 heavy (non-hydrogen) atoms. The number of nitrogens with zero attached hydrogens (tertiary/aromatic N) is 1. The molecule has 1 aromatic carbocycles. The van der Waals surface area contributed by atoms with Crippen LogP contribution < -0.4 is 16.9 Å². The maximum Gasteiger partial charge on any atom is 0.230 e. The highest BCUT2D eigenvalue weighted by Gasteiger charge is 2.12. The summed E-state index contributed by atoms with van der Waals surface area (Å²) >= 11 is 7.12. The molecule has 0 aromatic heterocycles. The predicted molar refractivity (Wildman–Crippen MR) is 76.3 cm³/mol. The first-order chi connectivity index (χ1) is 8.54. The number of nitrogens with two attached hydrogens (primary N) is 2. The van der Waals surface area contributed by atoms with Crippen molar-refractivity contribution in [3.63, 3.8) is 0 Å². The van der Waals surface area contributed by atoms with E-state index in [1.807, 2.05) is 25.1 Å². The number of carbonyl (C=O) groups is 1. The molecule has 98 valence electrons. The van der Waals surface area contributed by atoms with Gasteiger partial charge in [-0.1, -0.05) is 41.6 Å². The van der Waals surface area contributed by atoms with Crippen LogP contribution in [0, 0.1) is 0 Å². The number of hydrazone groups is 1. The molecule has 0 radical (unpaired) electrons. The van der Waals surface area contributed by atoms with E-state index in [0.29, 0.717) is 5.02 Å². The minimum atomic E-state index is -0.164. The molecule has 0 spiro atoms. The molecule has 5 nitrogen and oxygen atoms in total. The third kappa shape index (κ3) is 4.46. The number of halogens is 1. The first kappa shape index (κ1) is 14.7. The Morgan fingerprint density at radius 3 is 2.83 bits per heavy atom. The average molecular weight is 287 g/mol. The molecule has 0 saturated carbocycles. The van der Waals surface area contributed by atoms with Gasteiger partial charge in [0.05, 0.1) is 11.8 Å². The molecular weight excluding hydrogens is 272 g/mol. The second-order valence-electron chi connectivity index (χ2n) is 3.57. The molecule has 0 saturated heterocycles. The van der Waals surface area contributed by atoms with Gasteiger partial charge in [-0.25, -0.2) is 0 Å². The lowest BCUT2D eigenvalue weighted by Crippen LogP contribution is -2.29. The van der Waals surface area contributed by atoms with Gasteiger partial charge in [-0.05, 0) is 18.6 Å². The molecule has 0 heterocycles. The van der Waals surface area contributed by atoms with Crippen LogP contribution >= 0.6 is 23.4 Å². The largest absolute Gasteiger partial charge is 0.377 e. The summed E-state index contributed by atoms with van der Waals surface area (Å²) in [5, 5.41) is 6.89. The highest BCUT2D eigenvalue weighted by Crippen LogP contribution is 2.22. The van der Waals surface area contributed by atoms with Crippen molar-refractivity contribution in [3.8, 4) is 0 Å². The number of thioether (sulfide) groups is 1. The van der Waals surface area contributed by atoms with Crippen LogP contribution in [0.3, 0.4) is 0 Å². The quantitative estimate of drug-likeness (QED) is 0.338. The third-order valence-electron chi connectivity index (χ3n) is 2.23.